The first-order valence-electron chi connectivity index (χ1n) is 7.92. The summed E-state index contributed by atoms with van der Waals surface area (Å²) in [6.45, 7) is 8.00. The third kappa shape index (κ3) is 3.75. The summed E-state index contributed by atoms with van der Waals surface area (Å²) in [4.78, 5) is 4.69. The lowest BCUT2D eigenvalue weighted by Gasteiger charge is -2.07. The summed E-state index contributed by atoms with van der Waals surface area (Å²) in [6, 6.07) is 6.05. The molecule has 1 aliphatic carbocycles. The van der Waals surface area contributed by atoms with Crippen LogP contribution in [0.15, 0.2) is 42.6 Å². The van der Waals surface area contributed by atoms with Crippen LogP contribution in [0.3, 0.4) is 0 Å². The van der Waals surface area contributed by atoms with E-state index in [-0.39, 0.29) is 0 Å². The van der Waals surface area contributed by atoms with E-state index in [4.69, 9.17) is 0 Å². The lowest BCUT2D eigenvalue weighted by molar-refractivity contribution is 1.04. The van der Waals surface area contributed by atoms with Gasteiger partial charge in [0.2, 0.25) is 0 Å². The Morgan fingerprint density at radius 2 is 1.86 bits per heavy atom. The van der Waals surface area contributed by atoms with E-state index in [1.807, 2.05) is 59.1 Å². The molecule has 2 aromatic heterocycles. The van der Waals surface area contributed by atoms with Gasteiger partial charge in [-0.05, 0) is 30.5 Å². The minimum Gasteiger partial charge on any atom is -0.372 e. The number of imidazole rings is 1. The van der Waals surface area contributed by atoms with Crippen LogP contribution in [-0.4, -0.2) is 16.4 Å². The van der Waals surface area contributed by atoms with Crippen LogP contribution < -0.4 is 5.32 Å². The van der Waals surface area contributed by atoms with Crippen molar-refractivity contribution < 1.29 is 0 Å². The average molecular weight is 285 g/mol. The van der Waals surface area contributed by atoms with Crippen molar-refractivity contribution in [3.63, 3.8) is 0 Å². The molecule has 0 aliphatic heterocycles. The second-order valence-corrected chi connectivity index (χ2v) is 4.13. The predicted octanol–water partition coefficient (Wildman–Crippen LogP) is 5.16. The van der Waals surface area contributed by atoms with Crippen LogP contribution in [0.1, 0.15) is 46.2 Å². The Labute approximate surface area is 128 Å². The van der Waals surface area contributed by atoms with Crippen LogP contribution in [0, 0.1) is 0 Å². The average Bonchev–Trinajstić information content (AvgIpc) is 2.98. The van der Waals surface area contributed by atoms with Crippen molar-refractivity contribution in [2.45, 2.75) is 40.5 Å². The lowest BCUT2D eigenvalue weighted by Crippen LogP contribution is -1.97. The number of fused-ring (bicyclic) bond motifs is 1. The highest BCUT2D eigenvalue weighted by Crippen LogP contribution is 2.28. The van der Waals surface area contributed by atoms with Gasteiger partial charge in [-0.2, -0.15) is 0 Å². The standard InChI is InChI=1S/C14H15N3.2C2H6/c1-15-14-13(11-7-3-2-4-8-11)16-12-9-5-6-10-17(12)14;2*1-2/h3,5-10,15H,2,4H2,1H3;2*1-2H3. The largest absolute Gasteiger partial charge is 0.372 e. The highest BCUT2D eigenvalue weighted by Gasteiger charge is 2.13. The summed E-state index contributed by atoms with van der Waals surface area (Å²) < 4.78 is 2.08. The highest BCUT2D eigenvalue weighted by molar-refractivity contribution is 5.81. The molecule has 0 aromatic carbocycles. The van der Waals surface area contributed by atoms with Gasteiger partial charge < -0.3 is 5.32 Å². The minimum atomic E-state index is 0.978. The van der Waals surface area contributed by atoms with Gasteiger partial charge >= 0.3 is 0 Å². The van der Waals surface area contributed by atoms with Gasteiger partial charge in [0.05, 0.1) is 0 Å². The van der Waals surface area contributed by atoms with Gasteiger partial charge in [0, 0.05) is 13.2 Å². The van der Waals surface area contributed by atoms with Crippen LogP contribution in [0.2, 0.25) is 0 Å². The maximum Gasteiger partial charge on any atom is 0.139 e. The van der Waals surface area contributed by atoms with E-state index in [1.54, 1.807) is 0 Å². The Morgan fingerprint density at radius 1 is 1.10 bits per heavy atom. The minimum absolute atomic E-state index is 0.978. The zero-order chi connectivity index (χ0) is 15.7. The first-order valence-corrected chi connectivity index (χ1v) is 7.92. The number of pyridine rings is 1. The molecule has 3 heteroatoms. The first kappa shape index (κ1) is 17.0. The van der Waals surface area contributed by atoms with Gasteiger partial charge in [0.25, 0.3) is 0 Å². The summed E-state index contributed by atoms with van der Waals surface area (Å²) in [7, 11) is 1.94. The Balaban J connectivity index is 0.000000510. The molecular weight excluding hydrogens is 258 g/mol. The zero-order valence-corrected chi connectivity index (χ0v) is 13.9. The maximum absolute atomic E-state index is 4.69. The molecule has 21 heavy (non-hydrogen) atoms. The highest BCUT2D eigenvalue weighted by atomic mass is 15.1. The van der Waals surface area contributed by atoms with Gasteiger partial charge in [-0.15, -0.1) is 0 Å². The van der Waals surface area contributed by atoms with Gasteiger partial charge in [-0.1, -0.05) is 52.0 Å². The molecule has 1 aliphatic rings. The Hall–Kier alpha value is -2.03. The van der Waals surface area contributed by atoms with E-state index in [2.05, 4.69) is 32.9 Å². The lowest BCUT2D eigenvalue weighted by atomic mass is 10.0. The van der Waals surface area contributed by atoms with E-state index >= 15 is 0 Å². The van der Waals surface area contributed by atoms with E-state index < -0.39 is 0 Å². The Bertz CT molecular complexity index is 606. The van der Waals surface area contributed by atoms with Crippen molar-refractivity contribution in [2.75, 3.05) is 12.4 Å². The molecule has 114 valence electrons. The molecule has 3 nitrogen and oxygen atoms in total. The van der Waals surface area contributed by atoms with Crippen LogP contribution in [0.5, 0.6) is 0 Å². The molecule has 0 amide bonds. The molecule has 2 aromatic rings. The molecular formula is C18H27N3. The van der Waals surface area contributed by atoms with Crippen LogP contribution in [0.25, 0.3) is 11.2 Å². The van der Waals surface area contributed by atoms with Gasteiger partial charge in [0.1, 0.15) is 17.2 Å². The van der Waals surface area contributed by atoms with Crippen molar-refractivity contribution in [1.29, 1.82) is 0 Å². The third-order valence-electron chi connectivity index (χ3n) is 3.04. The van der Waals surface area contributed by atoms with Crippen molar-refractivity contribution in [1.82, 2.24) is 9.38 Å². The second-order valence-electron chi connectivity index (χ2n) is 4.13. The maximum atomic E-state index is 4.69. The van der Waals surface area contributed by atoms with Gasteiger partial charge in [0.15, 0.2) is 0 Å². The molecule has 0 radical (unpaired) electrons. The topological polar surface area (TPSA) is 29.3 Å². The van der Waals surface area contributed by atoms with Crippen molar-refractivity contribution in [2.24, 2.45) is 0 Å². The number of hydrogen-bond acceptors (Lipinski definition) is 2. The number of nitrogens with zero attached hydrogens (tertiary/aromatic N) is 2. The number of nitrogens with one attached hydrogen (secondary N) is 1. The van der Waals surface area contributed by atoms with E-state index in [9.17, 15) is 0 Å². The molecule has 0 bridgehead atoms. The van der Waals surface area contributed by atoms with Crippen LogP contribution in [-0.2, 0) is 0 Å². The number of allylic oxidation sites excluding steroid dienone is 4. The molecule has 2 heterocycles. The fourth-order valence-electron chi connectivity index (χ4n) is 2.22. The molecule has 0 saturated carbocycles. The fourth-order valence-corrected chi connectivity index (χ4v) is 2.22. The van der Waals surface area contributed by atoms with E-state index in [1.165, 1.54) is 5.57 Å². The second kappa shape index (κ2) is 9.01. The van der Waals surface area contributed by atoms with E-state index in [0.717, 1.165) is 30.0 Å². The SMILES string of the molecule is CC.CC.CNc1c(C2=CCCC=C2)nc2ccccn12. The van der Waals surface area contributed by atoms with E-state index in [0.29, 0.717) is 0 Å². The number of aromatic nitrogens is 2. The summed E-state index contributed by atoms with van der Waals surface area (Å²) in [6.07, 6.45) is 10.9. The smallest absolute Gasteiger partial charge is 0.139 e. The third-order valence-corrected chi connectivity index (χ3v) is 3.04. The van der Waals surface area contributed by atoms with Gasteiger partial charge in [-0.25, -0.2) is 4.98 Å². The zero-order valence-electron chi connectivity index (χ0n) is 13.9. The van der Waals surface area contributed by atoms with Crippen LogP contribution >= 0.6 is 0 Å². The molecule has 3 rings (SSSR count). The molecule has 0 spiro atoms. The number of anilines is 1. The first-order chi connectivity index (χ1) is 10.4. The fraction of sp³-hybridized carbons (Fsp3) is 0.389. The molecule has 0 atom stereocenters. The van der Waals surface area contributed by atoms with Crippen LogP contribution in [0.4, 0.5) is 5.82 Å². The molecule has 0 saturated heterocycles. The molecule has 0 fully saturated rings. The normalized spacial score (nSPS) is 12.7. The Morgan fingerprint density at radius 3 is 2.48 bits per heavy atom. The summed E-state index contributed by atoms with van der Waals surface area (Å²) >= 11 is 0. The summed E-state index contributed by atoms with van der Waals surface area (Å²) in [5, 5.41) is 3.24. The van der Waals surface area contributed by atoms with Crippen molar-refractivity contribution in [3.8, 4) is 0 Å². The van der Waals surface area contributed by atoms with Crippen molar-refractivity contribution in [3.05, 3.63) is 48.3 Å². The summed E-state index contributed by atoms with van der Waals surface area (Å²) in [5.41, 5.74) is 3.23. The molecule has 1 N–H and O–H groups in total. The Kier molecular flexibility index (Phi) is 7.30. The summed E-state index contributed by atoms with van der Waals surface area (Å²) in [5.74, 6) is 1.05. The number of rotatable bonds is 2. The van der Waals surface area contributed by atoms with Gasteiger partial charge in [-0.3, -0.25) is 4.40 Å². The number of hydrogen-bond donors (Lipinski definition) is 1. The molecule has 0 unspecified atom stereocenters. The van der Waals surface area contributed by atoms with Crippen molar-refractivity contribution >= 4 is 17.0 Å². The quantitative estimate of drug-likeness (QED) is 0.825. The monoisotopic (exact) mass is 285 g/mol. The predicted molar refractivity (Wildman–Crippen MR) is 93.8 cm³/mol.